The lowest BCUT2D eigenvalue weighted by atomic mass is 10.2. The number of rotatable bonds is 8. The van der Waals surface area contributed by atoms with E-state index in [-0.39, 0.29) is 48.4 Å². The van der Waals surface area contributed by atoms with Gasteiger partial charge in [0.2, 0.25) is 20.0 Å². The molecule has 9 nitrogen and oxygen atoms in total. The smallest absolute Gasteiger partial charge is 0.243 e. The van der Waals surface area contributed by atoms with Gasteiger partial charge in [-0.05, 0) is 68.3 Å². The average molecular weight is 664 g/mol. The molecule has 0 radical (unpaired) electrons. The molecular formula is C32H42ClN3O6S2. The molecule has 4 rings (SSSR count). The number of nitrogens with zero attached hydrogens (tertiary/aromatic N) is 3. The molecule has 0 saturated carbocycles. The first-order valence-electron chi connectivity index (χ1n) is 14.3. The van der Waals surface area contributed by atoms with Crippen LogP contribution < -0.4 is 9.47 Å². The van der Waals surface area contributed by atoms with Gasteiger partial charge in [-0.15, -0.1) is 12.4 Å². The molecule has 0 aromatic heterocycles. The van der Waals surface area contributed by atoms with E-state index in [2.05, 4.69) is 23.6 Å². The van der Waals surface area contributed by atoms with Gasteiger partial charge in [0, 0.05) is 38.8 Å². The summed E-state index contributed by atoms with van der Waals surface area (Å²) in [7, 11) is -4.87. The van der Waals surface area contributed by atoms with Gasteiger partial charge in [-0.3, -0.25) is 4.90 Å². The second-order valence-electron chi connectivity index (χ2n) is 10.7. The molecular weight excluding hydrogens is 622 g/mol. The summed E-state index contributed by atoms with van der Waals surface area (Å²) in [5.74, 6) is 0.731. The molecule has 1 heterocycles. The first-order chi connectivity index (χ1) is 20.5. The Morgan fingerprint density at radius 2 is 1.23 bits per heavy atom. The van der Waals surface area contributed by atoms with Crippen molar-refractivity contribution in [3.8, 4) is 11.5 Å². The molecule has 0 unspecified atom stereocenters. The van der Waals surface area contributed by atoms with Crippen LogP contribution in [0.1, 0.15) is 24.0 Å². The standard InChI is InChI=1S/C32H41N3O6S2.ClH/c1-26-12-14-29(15-13-26)42(36,37)34-20-8-18-33(25-28-10-6-5-7-11-28)19-9-21-35(24-27(2)23-34)43(38,39)30-16-17-31(40-3)32(22-30)41-4;/h5-7,10-17,22H,2,8-9,18-21,23-25H2,1,3-4H3;1H. The highest BCUT2D eigenvalue weighted by molar-refractivity contribution is 7.89. The van der Waals surface area contributed by atoms with Crippen LogP contribution in [0.2, 0.25) is 0 Å². The van der Waals surface area contributed by atoms with Gasteiger partial charge in [-0.1, -0.05) is 54.6 Å². The Bertz CT molecular complexity index is 1600. The molecule has 1 aliphatic rings. The van der Waals surface area contributed by atoms with E-state index < -0.39 is 20.0 Å². The van der Waals surface area contributed by atoms with E-state index in [1.54, 1.807) is 30.3 Å². The molecule has 0 N–H and O–H groups in total. The summed E-state index contributed by atoms with van der Waals surface area (Å²) >= 11 is 0. The Balaban J connectivity index is 0.00000529. The number of aryl methyl sites for hydroxylation is 1. The Morgan fingerprint density at radius 1 is 0.705 bits per heavy atom. The third-order valence-electron chi connectivity index (χ3n) is 7.46. The molecule has 3 aromatic rings. The van der Waals surface area contributed by atoms with Crippen molar-refractivity contribution in [2.24, 2.45) is 0 Å². The van der Waals surface area contributed by atoms with Crippen molar-refractivity contribution >= 4 is 32.5 Å². The molecule has 0 atom stereocenters. The van der Waals surface area contributed by atoms with Crippen LogP contribution in [0.15, 0.2) is 94.7 Å². The average Bonchev–Trinajstić information content (AvgIpc) is 2.99. The van der Waals surface area contributed by atoms with Crippen molar-refractivity contribution in [1.29, 1.82) is 0 Å². The molecule has 0 aliphatic carbocycles. The van der Waals surface area contributed by atoms with Gasteiger partial charge in [-0.2, -0.15) is 8.61 Å². The van der Waals surface area contributed by atoms with Crippen LogP contribution in [0.3, 0.4) is 0 Å². The number of methoxy groups -OCH3 is 2. The lowest BCUT2D eigenvalue weighted by Crippen LogP contribution is -2.41. The fourth-order valence-electron chi connectivity index (χ4n) is 5.16. The Kier molecular flexibility index (Phi) is 12.8. The molecule has 0 amide bonds. The molecule has 44 heavy (non-hydrogen) atoms. The highest BCUT2D eigenvalue weighted by atomic mass is 35.5. The maximum atomic E-state index is 14.0. The topological polar surface area (TPSA) is 96.5 Å². The van der Waals surface area contributed by atoms with E-state index in [0.29, 0.717) is 49.5 Å². The highest BCUT2D eigenvalue weighted by Gasteiger charge is 2.30. The summed E-state index contributed by atoms with van der Waals surface area (Å²) in [4.78, 5) is 2.52. The predicted octanol–water partition coefficient (Wildman–Crippen LogP) is 4.97. The van der Waals surface area contributed by atoms with Crippen molar-refractivity contribution in [2.45, 2.75) is 36.1 Å². The number of hydrogen-bond acceptors (Lipinski definition) is 7. The first kappa shape index (κ1) is 35.5. The van der Waals surface area contributed by atoms with Crippen LogP contribution in [0.4, 0.5) is 0 Å². The highest BCUT2D eigenvalue weighted by Crippen LogP contribution is 2.31. The third kappa shape index (κ3) is 8.83. The van der Waals surface area contributed by atoms with E-state index in [0.717, 1.165) is 11.1 Å². The summed E-state index contributed by atoms with van der Waals surface area (Å²) < 4.78 is 68.9. The fourth-order valence-corrected chi connectivity index (χ4v) is 8.17. The van der Waals surface area contributed by atoms with Gasteiger partial charge in [0.25, 0.3) is 0 Å². The van der Waals surface area contributed by atoms with Crippen LogP contribution in [0.25, 0.3) is 0 Å². The number of hydrogen-bond donors (Lipinski definition) is 0. The second kappa shape index (κ2) is 15.9. The zero-order valence-corrected chi connectivity index (χ0v) is 28.0. The fraction of sp³-hybridized carbons (Fsp3) is 0.375. The van der Waals surface area contributed by atoms with Gasteiger partial charge in [0.15, 0.2) is 11.5 Å². The maximum Gasteiger partial charge on any atom is 0.243 e. The van der Waals surface area contributed by atoms with E-state index in [4.69, 9.17) is 9.47 Å². The summed E-state index contributed by atoms with van der Waals surface area (Å²) in [6, 6.07) is 21.3. The molecule has 1 fully saturated rings. The van der Waals surface area contributed by atoms with Gasteiger partial charge in [-0.25, -0.2) is 16.8 Å². The number of benzene rings is 3. The van der Waals surface area contributed by atoms with Gasteiger partial charge < -0.3 is 9.47 Å². The maximum absolute atomic E-state index is 14.0. The number of sulfonamides is 2. The zero-order valence-electron chi connectivity index (χ0n) is 25.5. The molecule has 3 aromatic carbocycles. The van der Waals surface area contributed by atoms with Crippen LogP contribution in [-0.4, -0.2) is 83.8 Å². The third-order valence-corrected chi connectivity index (χ3v) is 11.2. The quantitative estimate of drug-likeness (QED) is 0.314. The molecule has 1 aliphatic heterocycles. The van der Waals surface area contributed by atoms with Crippen LogP contribution in [-0.2, 0) is 26.6 Å². The monoisotopic (exact) mass is 663 g/mol. The zero-order chi connectivity index (χ0) is 31.0. The van der Waals surface area contributed by atoms with Crippen molar-refractivity contribution < 1.29 is 26.3 Å². The summed E-state index contributed by atoms with van der Waals surface area (Å²) in [6.07, 6.45) is 1.22. The van der Waals surface area contributed by atoms with Crippen LogP contribution in [0.5, 0.6) is 11.5 Å². The van der Waals surface area contributed by atoms with Crippen LogP contribution >= 0.6 is 12.4 Å². The van der Waals surface area contributed by atoms with E-state index in [1.165, 1.54) is 35.0 Å². The Labute approximate surface area is 268 Å². The molecule has 240 valence electrons. The molecule has 0 spiro atoms. The number of halogens is 1. The summed E-state index contributed by atoms with van der Waals surface area (Å²) in [5.41, 5.74) is 2.59. The van der Waals surface area contributed by atoms with Crippen molar-refractivity contribution in [1.82, 2.24) is 13.5 Å². The lowest BCUT2D eigenvalue weighted by Gasteiger charge is -2.30. The van der Waals surface area contributed by atoms with Gasteiger partial charge in [0.1, 0.15) is 0 Å². The van der Waals surface area contributed by atoms with E-state index >= 15 is 0 Å². The normalized spacial score (nSPS) is 16.8. The first-order valence-corrected chi connectivity index (χ1v) is 17.1. The minimum absolute atomic E-state index is 0. The summed E-state index contributed by atoms with van der Waals surface area (Å²) in [5, 5.41) is 0. The minimum Gasteiger partial charge on any atom is -0.493 e. The largest absolute Gasteiger partial charge is 0.493 e. The SMILES string of the molecule is C=C1CN(S(=O)(=O)c2ccc(C)cc2)CCCN(Cc2ccccc2)CCCN(S(=O)(=O)c2ccc(OC)c(OC)c2)C1.Cl. The van der Waals surface area contributed by atoms with Gasteiger partial charge >= 0.3 is 0 Å². The Hall–Kier alpha value is -2.93. The van der Waals surface area contributed by atoms with Crippen molar-refractivity contribution in [3.63, 3.8) is 0 Å². The van der Waals surface area contributed by atoms with Crippen molar-refractivity contribution in [3.05, 3.63) is 96.1 Å². The molecule has 1 saturated heterocycles. The van der Waals surface area contributed by atoms with E-state index in [1.807, 2.05) is 25.1 Å². The summed E-state index contributed by atoms with van der Waals surface area (Å²) in [6.45, 7) is 8.53. The van der Waals surface area contributed by atoms with Crippen molar-refractivity contribution in [2.75, 3.05) is 53.5 Å². The second-order valence-corrected chi connectivity index (χ2v) is 14.6. The minimum atomic E-state index is -3.98. The lowest BCUT2D eigenvalue weighted by molar-refractivity contribution is 0.238. The predicted molar refractivity (Wildman–Crippen MR) is 176 cm³/mol. The number of ether oxygens (including phenoxy) is 2. The van der Waals surface area contributed by atoms with Crippen LogP contribution in [0, 0.1) is 6.92 Å². The van der Waals surface area contributed by atoms with Gasteiger partial charge in [0.05, 0.1) is 24.0 Å². The Morgan fingerprint density at radius 3 is 1.77 bits per heavy atom. The van der Waals surface area contributed by atoms with E-state index in [9.17, 15) is 16.8 Å². The molecule has 0 bridgehead atoms. The molecule has 12 heteroatoms.